The summed E-state index contributed by atoms with van der Waals surface area (Å²) in [4.78, 5) is 36.7. The molecule has 0 aromatic heterocycles. The first-order valence-corrected chi connectivity index (χ1v) is 23.3. The maximum atomic E-state index is 12.9. The van der Waals surface area contributed by atoms with Gasteiger partial charge in [0, 0.05) is 17.7 Å². The van der Waals surface area contributed by atoms with Crippen LogP contribution in [0, 0.1) is 10.1 Å². The lowest BCUT2D eigenvalue weighted by Crippen LogP contribution is -2.07. The average Bonchev–Trinajstić information content (AvgIpc) is 3.26. The first-order valence-electron chi connectivity index (χ1n) is 23.3. The van der Waals surface area contributed by atoms with Gasteiger partial charge < -0.3 is 14.2 Å². The number of carbonyl (C=O) groups is 2. The molecule has 0 bridgehead atoms. The Morgan fingerprint density at radius 2 is 0.900 bits per heavy atom. The van der Waals surface area contributed by atoms with Gasteiger partial charge in [-0.2, -0.15) is 0 Å². The molecule has 3 rings (SSSR count). The van der Waals surface area contributed by atoms with Gasteiger partial charge in [0.2, 0.25) is 5.75 Å². The van der Waals surface area contributed by atoms with E-state index < -0.39 is 22.4 Å². The number of unbranched alkanes of at least 4 members (excludes halogenated alkanes) is 22. The van der Waals surface area contributed by atoms with Crippen molar-refractivity contribution < 1.29 is 28.7 Å². The summed E-state index contributed by atoms with van der Waals surface area (Å²) in [5.74, 6) is 0.117. The number of allylic oxidation sites excluding steroid dienone is 1. The summed E-state index contributed by atoms with van der Waals surface area (Å²) in [6, 6.07) is 18.7. The summed E-state index contributed by atoms with van der Waals surface area (Å²) >= 11 is 0. The van der Waals surface area contributed by atoms with Crippen LogP contribution in [0.15, 0.2) is 78.9 Å². The summed E-state index contributed by atoms with van der Waals surface area (Å²) in [7, 11) is 0. The van der Waals surface area contributed by atoms with Crippen LogP contribution in [-0.2, 0) is 4.79 Å². The topological polar surface area (TPSA) is 105 Å². The van der Waals surface area contributed by atoms with Crippen molar-refractivity contribution in [2.45, 2.75) is 168 Å². The van der Waals surface area contributed by atoms with E-state index in [4.69, 9.17) is 14.2 Å². The zero-order valence-corrected chi connectivity index (χ0v) is 36.8. The van der Waals surface area contributed by atoms with Gasteiger partial charge in [0.25, 0.3) is 0 Å². The fourth-order valence-corrected chi connectivity index (χ4v) is 7.09. The molecule has 3 aromatic carbocycles. The molecule has 0 amide bonds. The fraction of sp³-hybridized carbons (Fsp3) is 0.538. The molecule has 0 aliphatic carbocycles. The third kappa shape index (κ3) is 22.6. The number of rotatable bonds is 35. The number of nitro groups is 1. The number of ketones is 1. The van der Waals surface area contributed by atoms with Crippen LogP contribution in [0.2, 0.25) is 0 Å². The van der Waals surface area contributed by atoms with Crippen molar-refractivity contribution in [3.05, 3.63) is 106 Å². The van der Waals surface area contributed by atoms with Gasteiger partial charge in [-0.25, -0.2) is 4.79 Å². The molecule has 60 heavy (non-hydrogen) atoms. The Hall–Kier alpha value is -4.72. The quantitative estimate of drug-likeness (QED) is 0.0111. The molecule has 0 aliphatic rings. The fourth-order valence-electron chi connectivity index (χ4n) is 7.09. The van der Waals surface area contributed by atoms with Gasteiger partial charge in [0.15, 0.2) is 5.78 Å². The number of hydrogen-bond donors (Lipinski definition) is 0. The van der Waals surface area contributed by atoms with E-state index in [0.29, 0.717) is 13.2 Å². The largest absolute Gasteiger partial charge is 0.494 e. The van der Waals surface area contributed by atoms with E-state index in [9.17, 15) is 19.7 Å². The highest BCUT2D eigenvalue weighted by atomic mass is 16.6. The third-order valence-corrected chi connectivity index (χ3v) is 10.8. The van der Waals surface area contributed by atoms with Crippen LogP contribution in [0.3, 0.4) is 0 Å². The van der Waals surface area contributed by atoms with Gasteiger partial charge >= 0.3 is 11.7 Å². The molecule has 8 nitrogen and oxygen atoms in total. The number of carbonyl (C=O) groups excluding carboxylic acids is 2. The molecular weight excluding hydrogens is 751 g/mol. The Labute approximate surface area is 361 Å². The second kappa shape index (κ2) is 32.1. The minimum atomic E-state index is -0.773. The number of ether oxygens (including phenoxy) is 3. The number of hydrogen-bond acceptors (Lipinski definition) is 7. The maximum absolute atomic E-state index is 12.9. The second-order valence-electron chi connectivity index (χ2n) is 16.0. The van der Waals surface area contributed by atoms with E-state index in [0.717, 1.165) is 48.0 Å². The normalized spacial score (nSPS) is 11.4. The van der Waals surface area contributed by atoms with Crippen LogP contribution in [0.5, 0.6) is 17.2 Å². The summed E-state index contributed by atoms with van der Waals surface area (Å²) in [5.41, 5.74) is 1.19. The Morgan fingerprint density at radius 3 is 1.30 bits per heavy atom. The van der Waals surface area contributed by atoms with E-state index in [1.807, 2.05) is 48.5 Å². The molecule has 0 atom stereocenters. The number of benzene rings is 3. The lowest BCUT2D eigenvalue weighted by Gasteiger charge is -2.07. The van der Waals surface area contributed by atoms with Gasteiger partial charge in [-0.05, 0) is 72.5 Å². The molecule has 0 radical (unpaired) electrons. The highest BCUT2D eigenvalue weighted by Gasteiger charge is 2.20. The van der Waals surface area contributed by atoms with E-state index in [1.54, 1.807) is 12.2 Å². The number of nitro benzene ring substituents is 1. The van der Waals surface area contributed by atoms with Crippen molar-refractivity contribution in [1.82, 2.24) is 0 Å². The molecule has 0 saturated heterocycles. The minimum Gasteiger partial charge on any atom is -0.494 e. The lowest BCUT2D eigenvalue weighted by atomic mass is 10.0. The summed E-state index contributed by atoms with van der Waals surface area (Å²) in [6.45, 7) is 5.86. The van der Waals surface area contributed by atoms with E-state index in [1.165, 1.54) is 159 Å². The molecule has 0 heterocycles. The van der Waals surface area contributed by atoms with Crippen LogP contribution in [0.25, 0.3) is 12.2 Å². The van der Waals surface area contributed by atoms with Crippen molar-refractivity contribution in [3.63, 3.8) is 0 Å². The molecule has 0 N–H and O–H groups in total. The molecule has 0 unspecified atom stereocenters. The van der Waals surface area contributed by atoms with E-state index >= 15 is 0 Å². The second-order valence-corrected chi connectivity index (χ2v) is 16.0. The monoisotopic (exact) mass is 824 g/mol. The first kappa shape index (κ1) is 49.6. The Kier molecular flexibility index (Phi) is 26.6. The zero-order valence-electron chi connectivity index (χ0n) is 36.8. The van der Waals surface area contributed by atoms with Gasteiger partial charge in [-0.15, -0.1) is 0 Å². The van der Waals surface area contributed by atoms with Crippen molar-refractivity contribution >= 4 is 29.6 Å². The molecule has 0 fully saturated rings. The summed E-state index contributed by atoms with van der Waals surface area (Å²) < 4.78 is 17.1. The van der Waals surface area contributed by atoms with Crippen LogP contribution in [-0.4, -0.2) is 29.9 Å². The summed E-state index contributed by atoms with van der Waals surface area (Å²) in [6.07, 6.45) is 37.0. The van der Waals surface area contributed by atoms with E-state index in [-0.39, 0.29) is 11.3 Å². The molecule has 328 valence electrons. The van der Waals surface area contributed by atoms with Crippen molar-refractivity contribution in [1.29, 1.82) is 0 Å². The van der Waals surface area contributed by atoms with Gasteiger partial charge in [-0.1, -0.05) is 185 Å². The predicted octanol–water partition coefficient (Wildman–Crippen LogP) is 15.3. The number of esters is 1. The van der Waals surface area contributed by atoms with Crippen LogP contribution in [0.4, 0.5) is 5.69 Å². The Balaban J connectivity index is 1.32. The van der Waals surface area contributed by atoms with Gasteiger partial charge in [0.05, 0.1) is 18.1 Å². The molecule has 8 heteroatoms. The average molecular weight is 824 g/mol. The zero-order chi connectivity index (χ0) is 42.9. The highest BCUT2D eigenvalue weighted by molar-refractivity contribution is 6.07. The number of nitrogens with zero attached hydrogens (tertiary/aromatic N) is 1. The maximum Gasteiger partial charge on any atom is 0.336 e. The van der Waals surface area contributed by atoms with E-state index in [2.05, 4.69) is 13.8 Å². The molecule has 0 saturated carbocycles. The van der Waals surface area contributed by atoms with Crippen molar-refractivity contribution in [3.8, 4) is 17.2 Å². The molecule has 0 spiro atoms. The summed E-state index contributed by atoms with van der Waals surface area (Å²) in [5, 5.41) is 11.9. The smallest absolute Gasteiger partial charge is 0.336 e. The predicted molar refractivity (Wildman–Crippen MR) is 247 cm³/mol. The van der Waals surface area contributed by atoms with Gasteiger partial charge in [-0.3, -0.25) is 14.9 Å². The van der Waals surface area contributed by atoms with Crippen molar-refractivity contribution in [2.75, 3.05) is 13.2 Å². The first-order chi connectivity index (χ1) is 29.4. The minimum absolute atomic E-state index is 0.108. The SMILES string of the molecule is CCCCCCCCCCCCCCCCOc1ccc(/C=C/C(=O)c2ccc(OC(=O)/C=C/c3ccc(OCCCCCCCCCCCC)cc3)c([N+](=O)[O-])c2)cc1. The molecule has 3 aromatic rings. The standard InChI is InChI=1S/C52H73NO7/c1-3-5-7-9-11-13-15-16-17-18-20-22-24-26-41-58-47-34-27-44(28-35-47)31-38-50(54)46-33-39-51(49(43-46)53(56)57)60-52(55)40-32-45-29-36-48(37-30-45)59-42-25-23-21-19-14-12-10-8-6-4-2/h27-40,43H,3-26,41-42H2,1-2H3/b38-31+,40-32+. The van der Waals surface area contributed by atoms with Gasteiger partial charge in [0.1, 0.15) is 11.5 Å². The Morgan fingerprint density at radius 1 is 0.517 bits per heavy atom. The Bertz CT molecular complexity index is 1680. The lowest BCUT2D eigenvalue weighted by molar-refractivity contribution is -0.385. The highest BCUT2D eigenvalue weighted by Crippen LogP contribution is 2.29. The molecule has 0 aliphatic heterocycles. The molecular formula is C52H73NO7. The van der Waals surface area contributed by atoms with Crippen molar-refractivity contribution in [2.24, 2.45) is 0 Å². The van der Waals surface area contributed by atoms with Crippen LogP contribution in [0.1, 0.15) is 189 Å². The third-order valence-electron chi connectivity index (χ3n) is 10.8. The van der Waals surface area contributed by atoms with Crippen LogP contribution >= 0.6 is 0 Å². The van der Waals surface area contributed by atoms with Crippen LogP contribution < -0.4 is 14.2 Å².